The summed E-state index contributed by atoms with van der Waals surface area (Å²) in [5.74, 6) is 0.725. The van der Waals surface area contributed by atoms with Gasteiger partial charge in [0.1, 0.15) is 0 Å². The zero-order valence-electron chi connectivity index (χ0n) is 4.20. The fourth-order valence-electron chi connectivity index (χ4n) is 0.476. The number of benzene rings is 1. The van der Waals surface area contributed by atoms with E-state index in [1.165, 1.54) is 0 Å². The van der Waals surface area contributed by atoms with Gasteiger partial charge in [-0.25, -0.2) is 0 Å². The second-order valence-electron chi connectivity index (χ2n) is 1.40. The largest absolute Gasteiger partial charge is 0.481 e. The van der Waals surface area contributed by atoms with E-state index in [1.807, 2.05) is 30.3 Å². The summed E-state index contributed by atoms with van der Waals surface area (Å²) in [7, 11) is 0. The molecule has 0 fully saturated rings. The molecule has 2 heteroatoms. The van der Waals surface area contributed by atoms with E-state index in [-0.39, 0.29) is 0 Å². The lowest BCUT2D eigenvalue weighted by atomic mass is 10.3. The Hall–Kier alpha value is -0.760. The highest BCUT2D eigenvalue weighted by molar-refractivity contribution is 7.44. The van der Waals surface area contributed by atoms with Crippen LogP contribution in [-0.4, -0.2) is 0 Å². The maximum absolute atomic E-state index is 4.50. The van der Waals surface area contributed by atoms with Gasteiger partial charge in [-0.15, -0.1) is 3.84 Å². The molecule has 0 heterocycles. The lowest BCUT2D eigenvalue weighted by molar-refractivity contribution is 0.292. The Morgan fingerprint density at radius 2 is 1.75 bits per heavy atom. The van der Waals surface area contributed by atoms with E-state index in [1.54, 1.807) is 0 Å². The van der Waals surface area contributed by atoms with Crippen molar-refractivity contribution in [1.82, 2.24) is 0 Å². The molecule has 0 spiro atoms. The van der Waals surface area contributed by atoms with E-state index < -0.39 is 0 Å². The van der Waals surface area contributed by atoms with Crippen LogP contribution >= 0.6 is 0 Å². The van der Waals surface area contributed by atoms with Crippen LogP contribution in [0.2, 0.25) is 0 Å². The average Bonchev–Trinajstić information content (AvgIpc) is 1.90. The molecular formula is C6H5OS+. The second kappa shape index (κ2) is 2.52. The summed E-state index contributed by atoms with van der Waals surface area (Å²) in [4.78, 5) is 0. The molecule has 0 atom stereocenters. The van der Waals surface area contributed by atoms with Crippen molar-refractivity contribution in [2.75, 3.05) is 0 Å². The van der Waals surface area contributed by atoms with Crippen molar-refractivity contribution in [3.05, 3.63) is 30.3 Å². The quantitative estimate of drug-likeness (QED) is 0.521. The van der Waals surface area contributed by atoms with Crippen LogP contribution in [0.5, 0.6) is 5.75 Å². The van der Waals surface area contributed by atoms with Crippen LogP contribution in [0.25, 0.3) is 0 Å². The van der Waals surface area contributed by atoms with Crippen LogP contribution in [0.15, 0.2) is 30.3 Å². The molecule has 0 radical (unpaired) electrons. The van der Waals surface area contributed by atoms with Crippen molar-refractivity contribution >= 4 is 12.5 Å². The maximum atomic E-state index is 4.50. The molecule has 0 saturated carbocycles. The molecule has 1 aromatic rings. The van der Waals surface area contributed by atoms with Gasteiger partial charge in [-0.1, -0.05) is 18.2 Å². The van der Waals surface area contributed by atoms with Crippen LogP contribution in [0, 0.1) is 0 Å². The standard InChI is InChI=1S/C6H5OS/c8-7-6-4-2-1-3-5-6/h1-5H/q+1. The first kappa shape index (κ1) is 5.38. The Bertz CT molecular complexity index is 171. The number of hydrogen-bond donors (Lipinski definition) is 0. The number of hydrogen-bond acceptors (Lipinski definition) is 1. The summed E-state index contributed by atoms with van der Waals surface area (Å²) >= 11 is 4.32. The Labute approximate surface area is 53.2 Å². The van der Waals surface area contributed by atoms with Crippen molar-refractivity contribution in [3.8, 4) is 5.75 Å². The predicted molar refractivity (Wildman–Crippen MR) is 33.9 cm³/mol. The van der Waals surface area contributed by atoms with E-state index in [4.69, 9.17) is 0 Å². The third-order valence-electron chi connectivity index (χ3n) is 0.839. The van der Waals surface area contributed by atoms with Gasteiger partial charge in [0.2, 0.25) is 0 Å². The van der Waals surface area contributed by atoms with E-state index in [9.17, 15) is 0 Å². The lowest BCUT2D eigenvalue weighted by Crippen LogP contribution is -1.58. The molecule has 1 rings (SSSR count). The third-order valence-corrected chi connectivity index (χ3v) is 1.03. The molecule has 0 aliphatic rings. The minimum Gasteiger partial charge on any atom is -0.115 e. The van der Waals surface area contributed by atoms with Crippen LogP contribution in [0.1, 0.15) is 0 Å². The van der Waals surface area contributed by atoms with Crippen molar-refractivity contribution in [1.29, 1.82) is 0 Å². The van der Waals surface area contributed by atoms with Gasteiger partial charge in [-0.3, -0.25) is 0 Å². The third kappa shape index (κ3) is 1.10. The van der Waals surface area contributed by atoms with Crippen LogP contribution in [0.4, 0.5) is 0 Å². The SMILES string of the molecule is S=[O+]c1ccccc1. The number of rotatable bonds is 1. The molecule has 0 aromatic heterocycles. The van der Waals surface area contributed by atoms with Crippen molar-refractivity contribution in [3.63, 3.8) is 0 Å². The molecule has 1 nitrogen and oxygen atoms in total. The van der Waals surface area contributed by atoms with Crippen LogP contribution in [-0.2, 0) is 16.4 Å². The normalized spacial score (nSPS) is 8.50. The zero-order chi connectivity index (χ0) is 5.82. The predicted octanol–water partition coefficient (Wildman–Crippen LogP) is 1.83. The Balaban J connectivity index is 2.99. The summed E-state index contributed by atoms with van der Waals surface area (Å²) in [6.45, 7) is 0. The monoisotopic (exact) mass is 125 g/mol. The minimum atomic E-state index is 0.725. The summed E-state index contributed by atoms with van der Waals surface area (Å²) < 4.78 is 4.50. The summed E-state index contributed by atoms with van der Waals surface area (Å²) in [5.41, 5.74) is 0. The summed E-state index contributed by atoms with van der Waals surface area (Å²) in [6.07, 6.45) is 0. The summed E-state index contributed by atoms with van der Waals surface area (Å²) in [5, 5.41) is 0. The van der Waals surface area contributed by atoms with Crippen LogP contribution in [0.3, 0.4) is 0 Å². The Morgan fingerprint density at radius 1 is 1.12 bits per heavy atom. The topological polar surface area (TPSA) is 11.3 Å². The first-order valence-electron chi connectivity index (χ1n) is 2.28. The van der Waals surface area contributed by atoms with Gasteiger partial charge in [0.15, 0.2) is 0 Å². The highest BCUT2D eigenvalue weighted by Gasteiger charge is 1.94. The average molecular weight is 125 g/mol. The molecule has 8 heavy (non-hydrogen) atoms. The molecule has 1 aromatic carbocycles. The molecule has 0 aliphatic carbocycles. The maximum Gasteiger partial charge on any atom is 0.481 e. The fourth-order valence-corrected chi connectivity index (χ4v) is 0.587. The second-order valence-corrected chi connectivity index (χ2v) is 1.56. The molecule has 0 amide bonds. The van der Waals surface area contributed by atoms with Gasteiger partial charge < -0.3 is 0 Å². The van der Waals surface area contributed by atoms with Gasteiger partial charge >= 0.3 is 18.3 Å². The molecule has 0 saturated heterocycles. The van der Waals surface area contributed by atoms with E-state index in [0.717, 1.165) is 5.75 Å². The van der Waals surface area contributed by atoms with Gasteiger partial charge in [0.05, 0.1) is 0 Å². The fraction of sp³-hybridized carbons (Fsp3) is 0. The van der Waals surface area contributed by atoms with Gasteiger partial charge in [0, 0.05) is 12.1 Å². The van der Waals surface area contributed by atoms with Crippen molar-refractivity contribution < 1.29 is 3.84 Å². The first-order chi connectivity index (χ1) is 3.93. The minimum absolute atomic E-state index is 0.725. The molecule has 0 bridgehead atoms. The summed E-state index contributed by atoms with van der Waals surface area (Å²) in [6, 6.07) is 9.29. The molecule has 0 unspecified atom stereocenters. The van der Waals surface area contributed by atoms with Crippen LogP contribution < -0.4 is 0 Å². The van der Waals surface area contributed by atoms with E-state index in [2.05, 4.69) is 16.4 Å². The van der Waals surface area contributed by atoms with Crippen molar-refractivity contribution in [2.24, 2.45) is 0 Å². The first-order valence-corrected chi connectivity index (χ1v) is 2.61. The highest BCUT2D eigenvalue weighted by Crippen LogP contribution is 2.06. The Morgan fingerprint density at radius 3 is 2.12 bits per heavy atom. The molecule has 0 aliphatic heterocycles. The smallest absolute Gasteiger partial charge is 0.115 e. The number of para-hydroxylation sites is 1. The zero-order valence-corrected chi connectivity index (χ0v) is 5.02. The van der Waals surface area contributed by atoms with E-state index >= 15 is 0 Å². The highest BCUT2D eigenvalue weighted by atomic mass is 32.1. The molecule has 0 N–H and O–H groups in total. The van der Waals surface area contributed by atoms with Gasteiger partial charge in [-0.05, 0) is 0 Å². The molecule has 40 valence electrons. The van der Waals surface area contributed by atoms with Gasteiger partial charge in [0.25, 0.3) is 0 Å². The van der Waals surface area contributed by atoms with Crippen molar-refractivity contribution in [2.45, 2.75) is 0 Å². The lowest BCUT2D eigenvalue weighted by Gasteiger charge is -1.71. The molecular weight excluding hydrogens is 120 g/mol. The van der Waals surface area contributed by atoms with Gasteiger partial charge in [-0.2, -0.15) is 0 Å². The Kier molecular flexibility index (Phi) is 1.70. The van der Waals surface area contributed by atoms with E-state index in [0.29, 0.717) is 0 Å².